The van der Waals surface area contributed by atoms with Gasteiger partial charge in [0.25, 0.3) is 0 Å². The lowest BCUT2D eigenvalue weighted by atomic mass is 10.1. The Morgan fingerprint density at radius 3 is 2.38 bits per heavy atom. The minimum absolute atomic E-state index is 0.372. The Balaban J connectivity index is 2.16. The van der Waals surface area contributed by atoms with Gasteiger partial charge in [-0.1, -0.05) is 12.1 Å². The zero-order valence-corrected chi connectivity index (χ0v) is 14.2. The second-order valence-electron chi connectivity index (χ2n) is 5.05. The number of ether oxygens (including phenoxy) is 3. The SMILES string of the molecule is CCOC(Cn1nc(-c2ccc(C(=O)OC)cc2)cc1N)OCC. The topological polar surface area (TPSA) is 88.6 Å². The average molecular weight is 333 g/mol. The molecule has 130 valence electrons. The summed E-state index contributed by atoms with van der Waals surface area (Å²) in [5.74, 6) is 0.148. The lowest BCUT2D eigenvalue weighted by molar-refractivity contribution is -0.144. The van der Waals surface area contributed by atoms with Crippen LogP contribution in [0.5, 0.6) is 0 Å². The standard InChI is InChI=1S/C17H23N3O4/c1-4-23-16(24-5-2)11-20-15(18)10-14(19-20)12-6-8-13(9-7-12)17(21)22-3/h6-10,16H,4-5,11,18H2,1-3H3. The van der Waals surface area contributed by atoms with Gasteiger partial charge in [-0.25, -0.2) is 9.48 Å². The number of carbonyl (C=O) groups is 1. The van der Waals surface area contributed by atoms with E-state index in [1.807, 2.05) is 13.8 Å². The number of hydrogen-bond acceptors (Lipinski definition) is 6. The van der Waals surface area contributed by atoms with Crippen LogP contribution in [-0.2, 0) is 20.8 Å². The van der Waals surface area contributed by atoms with Crippen LogP contribution >= 0.6 is 0 Å². The average Bonchev–Trinajstić information content (AvgIpc) is 2.95. The van der Waals surface area contributed by atoms with E-state index in [4.69, 9.17) is 15.2 Å². The number of anilines is 1. The summed E-state index contributed by atoms with van der Waals surface area (Å²) in [7, 11) is 1.35. The summed E-state index contributed by atoms with van der Waals surface area (Å²) in [6, 6.07) is 8.78. The van der Waals surface area contributed by atoms with Crippen molar-refractivity contribution in [1.29, 1.82) is 0 Å². The number of rotatable bonds is 8. The third-order valence-corrected chi connectivity index (χ3v) is 3.44. The minimum Gasteiger partial charge on any atom is -0.465 e. The number of hydrogen-bond donors (Lipinski definition) is 1. The van der Waals surface area contributed by atoms with Crippen molar-refractivity contribution in [2.24, 2.45) is 0 Å². The Bertz CT molecular complexity index is 661. The Morgan fingerprint density at radius 2 is 1.83 bits per heavy atom. The number of nitrogen functional groups attached to an aromatic ring is 1. The fraction of sp³-hybridized carbons (Fsp3) is 0.412. The first kappa shape index (κ1) is 18.0. The van der Waals surface area contributed by atoms with Gasteiger partial charge in [0.1, 0.15) is 5.82 Å². The van der Waals surface area contributed by atoms with Gasteiger partial charge in [0.05, 0.1) is 24.9 Å². The number of benzene rings is 1. The highest BCUT2D eigenvalue weighted by Gasteiger charge is 2.14. The molecule has 2 rings (SSSR count). The Kier molecular flexibility index (Phi) is 6.34. The number of esters is 1. The molecular formula is C17H23N3O4. The van der Waals surface area contributed by atoms with Crippen LogP contribution in [0.3, 0.4) is 0 Å². The van der Waals surface area contributed by atoms with E-state index in [2.05, 4.69) is 9.84 Å². The predicted octanol–water partition coefficient (Wildman–Crippen LogP) is 2.32. The number of carbonyl (C=O) groups excluding carboxylic acids is 1. The number of aromatic nitrogens is 2. The van der Waals surface area contributed by atoms with Gasteiger partial charge >= 0.3 is 5.97 Å². The molecule has 0 saturated heterocycles. The molecular weight excluding hydrogens is 310 g/mol. The summed E-state index contributed by atoms with van der Waals surface area (Å²) in [6.45, 7) is 5.33. The van der Waals surface area contributed by atoms with E-state index >= 15 is 0 Å². The van der Waals surface area contributed by atoms with Crippen molar-refractivity contribution < 1.29 is 19.0 Å². The van der Waals surface area contributed by atoms with Gasteiger partial charge in [-0.05, 0) is 26.0 Å². The first-order chi connectivity index (χ1) is 11.6. The molecule has 1 aromatic carbocycles. The number of methoxy groups -OCH3 is 1. The summed E-state index contributed by atoms with van der Waals surface area (Å²) in [5, 5.41) is 4.49. The summed E-state index contributed by atoms with van der Waals surface area (Å²) < 4.78 is 17.4. The van der Waals surface area contributed by atoms with Crippen molar-refractivity contribution >= 4 is 11.8 Å². The van der Waals surface area contributed by atoms with Crippen LogP contribution in [0.25, 0.3) is 11.3 Å². The maximum atomic E-state index is 11.5. The number of nitrogens with two attached hydrogens (primary N) is 1. The zero-order valence-electron chi connectivity index (χ0n) is 14.2. The van der Waals surface area contributed by atoms with E-state index in [-0.39, 0.29) is 5.97 Å². The molecule has 0 fully saturated rings. The molecule has 0 spiro atoms. The highest BCUT2D eigenvalue weighted by atomic mass is 16.7. The predicted molar refractivity (Wildman–Crippen MR) is 90.5 cm³/mol. The minimum atomic E-state index is -0.392. The smallest absolute Gasteiger partial charge is 0.337 e. The van der Waals surface area contributed by atoms with Crippen LogP contribution in [-0.4, -0.2) is 42.4 Å². The van der Waals surface area contributed by atoms with Crippen molar-refractivity contribution in [3.05, 3.63) is 35.9 Å². The molecule has 2 aromatic rings. The molecule has 2 N–H and O–H groups in total. The highest BCUT2D eigenvalue weighted by Crippen LogP contribution is 2.21. The molecule has 0 amide bonds. The Labute approximate surface area is 141 Å². The first-order valence-electron chi connectivity index (χ1n) is 7.84. The van der Waals surface area contributed by atoms with Crippen molar-refractivity contribution in [2.75, 3.05) is 26.1 Å². The molecule has 1 heterocycles. The maximum Gasteiger partial charge on any atom is 0.337 e. The number of nitrogens with zero attached hydrogens (tertiary/aromatic N) is 2. The second-order valence-corrected chi connectivity index (χ2v) is 5.05. The third kappa shape index (κ3) is 4.33. The highest BCUT2D eigenvalue weighted by molar-refractivity contribution is 5.89. The van der Waals surface area contributed by atoms with Gasteiger partial charge in [-0.3, -0.25) is 0 Å². The van der Waals surface area contributed by atoms with E-state index in [0.29, 0.717) is 31.1 Å². The molecule has 0 atom stereocenters. The zero-order chi connectivity index (χ0) is 17.5. The van der Waals surface area contributed by atoms with E-state index in [1.165, 1.54) is 7.11 Å². The molecule has 0 bridgehead atoms. The third-order valence-electron chi connectivity index (χ3n) is 3.44. The molecule has 0 radical (unpaired) electrons. The lowest BCUT2D eigenvalue weighted by Crippen LogP contribution is -2.25. The molecule has 7 nitrogen and oxygen atoms in total. The van der Waals surface area contributed by atoms with Crippen LogP contribution < -0.4 is 5.73 Å². The van der Waals surface area contributed by atoms with Crippen LogP contribution in [0, 0.1) is 0 Å². The monoisotopic (exact) mass is 333 g/mol. The van der Waals surface area contributed by atoms with E-state index < -0.39 is 6.29 Å². The molecule has 0 aliphatic carbocycles. The Hall–Kier alpha value is -2.38. The largest absolute Gasteiger partial charge is 0.465 e. The van der Waals surface area contributed by atoms with Gasteiger partial charge < -0.3 is 19.9 Å². The van der Waals surface area contributed by atoms with E-state index in [9.17, 15) is 4.79 Å². The molecule has 0 aliphatic heterocycles. The van der Waals surface area contributed by atoms with Crippen molar-refractivity contribution in [1.82, 2.24) is 9.78 Å². The summed E-state index contributed by atoms with van der Waals surface area (Å²) in [4.78, 5) is 11.5. The van der Waals surface area contributed by atoms with Gasteiger partial charge in [-0.15, -0.1) is 0 Å². The first-order valence-corrected chi connectivity index (χ1v) is 7.84. The van der Waals surface area contributed by atoms with Crippen molar-refractivity contribution in [2.45, 2.75) is 26.7 Å². The van der Waals surface area contributed by atoms with Crippen LogP contribution in [0.1, 0.15) is 24.2 Å². The molecule has 0 unspecified atom stereocenters. The summed E-state index contributed by atoms with van der Waals surface area (Å²) in [6.07, 6.45) is -0.392. The summed E-state index contributed by atoms with van der Waals surface area (Å²) in [5.41, 5.74) is 8.10. The molecule has 1 aromatic heterocycles. The fourth-order valence-corrected chi connectivity index (χ4v) is 2.28. The van der Waals surface area contributed by atoms with Crippen LogP contribution in [0.4, 0.5) is 5.82 Å². The lowest BCUT2D eigenvalue weighted by Gasteiger charge is -2.17. The molecule has 7 heteroatoms. The van der Waals surface area contributed by atoms with Crippen LogP contribution in [0.15, 0.2) is 30.3 Å². The fourth-order valence-electron chi connectivity index (χ4n) is 2.28. The Morgan fingerprint density at radius 1 is 1.21 bits per heavy atom. The van der Waals surface area contributed by atoms with Gasteiger partial charge in [-0.2, -0.15) is 5.10 Å². The van der Waals surface area contributed by atoms with Gasteiger partial charge in [0.2, 0.25) is 0 Å². The second kappa shape index (κ2) is 8.47. The van der Waals surface area contributed by atoms with E-state index in [0.717, 1.165) is 11.3 Å². The molecule has 0 aliphatic rings. The maximum absolute atomic E-state index is 11.5. The normalized spacial score (nSPS) is 11.0. The van der Waals surface area contributed by atoms with Gasteiger partial charge in [0, 0.05) is 24.8 Å². The molecule has 0 saturated carbocycles. The molecule has 24 heavy (non-hydrogen) atoms. The van der Waals surface area contributed by atoms with Gasteiger partial charge in [0.15, 0.2) is 6.29 Å². The quantitative estimate of drug-likeness (QED) is 0.589. The summed E-state index contributed by atoms with van der Waals surface area (Å²) >= 11 is 0. The van der Waals surface area contributed by atoms with Crippen LogP contribution in [0.2, 0.25) is 0 Å². The van der Waals surface area contributed by atoms with Crippen molar-refractivity contribution in [3.8, 4) is 11.3 Å². The van der Waals surface area contributed by atoms with Crippen molar-refractivity contribution in [3.63, 3.8) is 0 Å². The van der Waals surface area contributed by atoms with E-state index in [1.54, 1.807) is 35.0 Å².